The largest absolute Gasteiger partial charge is 0.383 e. The van der Waals surface area contributed by atoms with Crippen molar-refractivity contribution < 1.29 is 9.42 Å². The summed E-state index contributed by atoms with van der Waals surface area (Å²) in [6, 6.07) is 0.101. The Morgan fingerprint density at radius 1 is 1.60 bits per heavy atom. The summed E-state index contributed by atoms with van der Waals surface area (Å²) >= 11 is 0. The molecule has 15 heavy (non-hydrogen) atoms. The van der Waals surface area contributed by atoms with Gasteiger partial charge in [0.1, 0.15) is 0 Å². The molecule has 0 aliphatic rings. The van der Waals surface area contributed by atoms with Crippen molar-refractivity contribution in [2.45, 2.75) is 25.4 Å². The number of ether oxygens (including phenoxy) is 1. The highest BCUT2D eigenvalue weighted by atomic mass is 16.5. The predicted molar refractivity (Wildman–Crippen MR) is 58.2 cm³/mol. The zero-order chi connectivity index (χ0) is 11.1. The average molecular weight is 213 g/mol. The van der Waals surface area contributed by atoms with E-state index < -0.39 is 0 Å². The molecule has 1 unspecified atom stereocenters. The fraction of sp³-hybridized carbons (Fsp3) is 0.700. The summed E-state index contributed by atoms with van der Waals surface area (Å²) in [4.78, 5) is 0. The van der Waals surface area contributed by atoms with Crippen LogP contribution in [-0.4, -0.2) is 31.4 Å². The highest BCUT2D eigenvalue weighted by molar-refractivity contribution is 4.99. The van der Waals surface area contributed by atoms with Crippen LogP contribution in [0.2, 0.25) is 0 Å². The van der Waals surface area contributed by atoms with Crippen LogP contribution in [0.15, 0.2) is 12.4 Å². The number of hydrogen-bond donors (Lipinski definition) is 3. The maximum Gasteiger partial charge on any atom is 0.198 e. The number of hydrogen-bond acceptors (Lipinski definition) is 3. The van der Waals surface area contributed by atoms with Gasteiger partial charge in [0.05, 0.1) is 12.8 Å². The number of aromatic amines is 1. The van der Waals surface area contributed by atoms with E-state index >= 15 is 0 Å². The van der Waals surface area contributed by atoms with Crippen molar-refractivity contribution in [1.82, 2.24) is 5.10 Å². The number of nitrogens with two attached hydrogens (primary N) is 2. The zero-order valence-corrected chi connectivity index (χ0v) is 9.28. The molecule has 0 saturated carbocycles. The summed E-state index contributed by atoms with van der Waals surface area (Å²) in [5.74, 6) is 0. The second kappa shape index (κ2) is 6.55. The summed E-state index contributed by atoms with van der Waals surface area (Å²) in [6.07, 6.45) is 5.87. The Kier molecular flexibility index (Phi) is 5.31. The molecule has 0 fully saturated rings. The summed E-state index contributed by atoms with van der Waals surface area (Å²) in [6.45, 7) is 2.17. The molecule has 1 heterocycles. The molecule has 1 atom stereocenters. The van der Waals surface area contributed by atoms with Crippen LogP contribution in [0.25, 0.3) is 0 Å². The highest BCUT2D eigenvalue weighted by Crippen LogP contribution is 1.94. The number of nitrogens with one attached hydrogen (secondary N) is 1. The lowest BCUT2D eigenvalue weighted by molar-refractivity contribution is -0.750. The molecule has 5 N–H and O–H groups in total. The van der Waals surface area contributed by atoms with Crippen LogP contribution in [0.4, 0.5) is 0 Å². The van der Waals surface area contributed by atoms with Gasteiger partial charge in [-0.15, -0.1) is 4.68 Å². The summed E-state index contributed by atoms with van der Waals surface area (Å²) < 4.78 is 7.00. The van der Waals surface area contributed by atoms with E-state index in [4.69, 9.17) is 16.2 Å². The van der Waals surface area contributed by atoms with Crippen LogP contribution < -0.4 is 16.1 Å². The lowest BCUT2D eigenvalue weighted by Crippen LogP contribution is -2.39. The van der Waals surface area contributed by atoms with Gasteiger partial charge in [-0.3, -0.25) is 0 Å². The number of H-pyrrole nitrogens is 1. The molecule has 0 bridgehead atoms. The molecule has 1 aromatic rings. The molecule has 5 nitrogen and oxygen atoms in total. The number of aryl methyl sites for hydroxylation is 1. The standard InChI is InChI=1S/C10H20N4O/c1-15-8-10(12)3-5-14-7-9(2-4-11)6-13-14/h6-7,10H,2-5,8,11-12H2,1H3/p+1. The molecular formula is C10H21N4O+. The molecular weight excluding hydrogens is 192 g/mol. The lowest BCUT2D eigenvalue weighted by atomic mass is 10.2. The van der Waals surface area contributed by atoms with Gasteiger partial charge in [-0.1, -0.05) is 0 Å². The minimum Gasteiger partial charge on any atom is -0.383 e. The highest BCUT2D eigenvalue weighted by Gasteiger charge is 2.09. The van der Waals surface area contributed by atoms with E-state index in [1.807, 2.05) is 10.9 Å². The maximum absolute atomic E-state index is 5.83. The van der Waals surface area contributed by atoms with E-state index in [0.29, 0.717) is 13.2 Å². The van der Waals surface area contributed by atoms with Crippen molar-refractivity contribution in [2.75, 3.05) is 20.3 Å². The molecule has 86 valence electrons. The quantitative estimate of drug-likeness (QED) is 0.517. The first-order chi connectivity index (χ1) is 7.26. The second-order valence-electron chi connectivity index (χ2n) is 3.71. The van der Waals surface area contributed by atoms with Crippen molar-refractivity contribution in [3.8, 4) is 0 Å². The fourth-order valence-corrected chi connectivity index (χ4v) is 1.48. The van der Waals surface area contributed by atoms with Gasteiger partial charge in [-0.05, 0) is 13.0 Å². The summed E-state index contributed by atoms with van der Waals surface area (Å²) in [7, 11) is 1.67. The summed E-state index contributed by atoms with van der Waals surface area (Å²) in [5.41, 5.74) is 12.5. The Morgan fingerprint density at radius 3 is 3.07 bits per heavy atom. The fourth-order valence-electron chi connectivity index (χ4n) is 1.48. The first kappa shape index (κ1) is 12.2. The van der Waals surface area contributed by atoms with Crippen LogP contribution in [0.1, 0.15) is 12.0 Å². The van der Waals surface area contributed by atoms with E-state index in [1.165, 1.54) is 5.56 Å². The van der Waals surface area contributed by atoms with Gasteiger partial charge in [0.25, 0.3) is 0 Å². The summed E-state index contributed by atoms with van der Waals surface area (Å²) in [5, 5.41) is 3.15. The van der Waals surface area contributed by atoms with Gasteiger partial charge >= 0.3 is 0 Å². The molecule has 0 aliphatic carbocycles. The number of aromatic nitrogens is 2. The number of methoxy groups -OCH3 is 1. The third-order valence-corrected chi connectivity index (χ3v) is 2.29. The molecule has 0 spiro atoms. The molecule has 0 aliphatic heterocycles. The van der Waals surface area contributed by atoms with Crippen molar-refractivity contribution in [2.24, 2.45) is 11.5 Å². The Balaban J connectivity index is 2.30. The molecule has 1 aromatic heterocycles. The Morgan fingerprint density at radius 2 is 2.40 bits per heavy atom. The van der Waals surface area contributed by atoms with Crippen molar-refractivity contribution in [3.05, 3.63) is 18.0 Å². The van der Waals surface area contributed by atoms with E-state index in [9.17, 15) is 0 Å². The molecule has 1 rings (SSSR count). The molecule has 0 amide bonds. The van der Waals surface area contributed by atoms with Crippen molar-refractivity contribution in [3.63, 3.8) is 0 Å². The van der Waals surface area contributed by atoms with E-state index in [0.717, 1.165) is 19.4 Å². The number of rotatable bonds is 7. The molecule has 5 heteroatoms. The van der Waals surface area contributed by atoms with Crippen molar-refractivity contribution >= 4 is 0 Å². The Bertz CT molecular complexity index is 274. The van der Waals surface area contributed by atoms with E-state index in [2.05, 4.69) is 11.3 Å². The molecule has 0 radical (unpaired) electrons. The maximum atomic E-state index is 5.83. The molecule has 0 aromatic carbocycles. The zero-order valence-electron chi connectivity index (χ0n) is 9.28. The van der Waals surface area contributed by atoms with Crippen LogP contribution in [-0.2, 0) is 17.7 Å². The third kappa shape index (κ3) is 4.42. The number of nitrogens with zero attached hydrogens (tertiary/aromatic N) is 1. The van der Waals surface area contributed by atoms with Gasteiger partial charge in [0.2, 0.25) is 0 Å². The van der Waals surface area contributed by atoms with Crippen molar-refractivity contribution in [1.29, 1.82) is 0 Å². The topological polar surface area (TPSA) is 80.9 Å². The third-order valence-electron chi connectivity index (χ3n) is 2.29. The minimum atomic E-state index is 0.101. The van der Waals surface area contributed by atoms with Gasteiger partial charge in [0, 0.05) is 25.1 Å². The van der Waals surface area contributed by atoms with E-state index in [-0.39, 0.29) is 6.04 Å². The Hall–Kier alpha value is -0.910. The van der Waals surface area contributed by atoms with Crippen LogP contribution >= 0.6 is 0 Å². The first-order valence-electron chi connectivity index (χ1n) is 5.27. The predicted octanol–water partition coefficient (Wildman–Crippen LogP) is -0.833. The van der Waals surface area contributed by atoms with Crippen LogP contribution in [0.5, 0.6) is 0 Å². The minimum absolute atomic E-state index is 0.101. The van der Waals surface area contributed by atoms with Gasteiger partial charge in [-0.25, -0.2) is 0 Å². The average Bonchev–Trinajstić information content (AvgIpc) is 2.64. The van der Waals surface area contributed by atoms with Crippen LogP contribution in [0, 0.1) is 0 Å². The second-order valence-corrected chi connectivity index (χ2v) is 3.71. The lowest BCUT2D eigenvalue weighted by Gasteiger charge is -2.06. The Labute approximate surface area is 90.4 Å². The van der Waals surface area contributed by atoms with Crippen LogP contribution in [0.3, 0.4) is 0 Å². The SMILES string of the molecule is COCC(N)CC[n+]1cc(CCN)c[nH]1. The first-order valence-corrected chi connectivity index (χ1v) is 5.27. The van der Waals surface area contributed by atoms with Gasteiger partial charge in [0.15, 0.2) is 12.7 Å². The van der Waals surface area contributed by atoms with E-state index in [1.54, 1.807) is 7.11 Å². The monoisotopic (exact) mass is 213 g/mol. The van der Waals surface area contributed by atoms with Gasteiger partial charge < -0.3 is 16.2 Å². The normalized spacial score (nSPS) is 13.0. The van der Waals surface area contributed by atoms with Gasteiger partial charge in [-0.2, -0.15) is 5.10 Å². The molecule has 0 saturated heterocycles. The smallest absolute Gasteiger partial charge is 0.198 e.